The number of nitrogens with one attached hydrogen (secondary N) is 1. The number of phenolic OH excluding ortho intramolecular Hbond substituents is 1. The first-order valence-electron chi connectivity index (χ1n) is 17.1. The summed E-state index contributed by atoms with van der Waals surface area (Å²) in [5.41, 5.74) is -0.137. The number of fused-ring (bicyclic) bond motifs is 7. The van der Waals surface area contributed by atoms with E-state index in [0.29, 0.717) is 53.5 Å². The molecule has 2 N–H and O–H groups in total. The molecule has 5 aliphatic rings. The first-order valence-corrected chi connectivity index (χ1v) is 17.1. The zero-order valence-corrected chi connectivity index (χ0v) is 27.2. The van der Waals surface area contributed by atoms with E-state index in [1.165, 1.54) is 18.2 Å². The third-order valence-corrected chi connectivity index (χ3v) is 11.4. The molecule has 2 aromatic carbocycles. The summed E-state index contributed by atoms with van der Waals surface area (Å²) in [5, 5.41) is 15.7. The Kier molecular flexibility index (Phi) is 7.00. The summed E-state index contributed by atoms with van der Waals surface area (Å²) >= 11 is 0. The van der Waals surface area contributed by atoms with Gasteiger partial charge in [0.25, 0.3) is 6.08 Å². The number of aromatic hydroxyl groups is 1. The second kappa shape index (κ2) is 11.1. The molecule has 2 aromatic heterocycles. The van der Waals surface area contributed by atoms with E-state index in [2.05, 4.69) is 15.2 Å². The Labute approximate surface area is 279 Å². The summed E-state index contributed by atoms with van der Waals surface area (Å²) in [6.45, 7) is 5.34. The summed E-state index contributed by atoms with van der Waals surface area (Å²) in [5.74, 6) is -0.766. The van der Waals surface area contributed by atoms with Gasteiger partial charge in [-0.15, -0.1) is 0 Å². The highest BCUT2D eigenvalue weighted by Crippen LogP contribution is 2.47. The zero-order chi connectivity index (χ0) is 33.8. The molecular formula is C36H36F4N6O3. The van der Waals surface area contributed by atoms with Crippen LogP contribution >= 0.6 is 0 Å². The van der Waals surface area contributed by atoms with Crippen LogP contribution in [0.4, 0.5) is 23.4 Å². The molecule has 2 bridgehead atoms. The summed E-state index contributed by atoms with van der Waals surface area (Å²) < 4.78 is 72.6. The number of anilines is 1. The Morgan fingerprint density at radius 3 is 2.82 bits per heavy atom. The third-order valence-electron chi connectivity index (χ3n) is 11.4. The lowest BCUT2D eigenvalue weighted by atomic mass is 9.94. The highest BCUT2D eigenvalue weighted by atomic mass is 19.3. The molecule has 4 fully saturated rings. The van der Waals surface area contributed by atoms with Crippen molar-refractivity contribution in [2.75, 3.05) is 31.1 Å². The van der Waals surface area contributed by atoms with Crippen LogP contribution in [-0.2, 0) is 6.42 Å². The van der Waals surface area contributed by atoms with Crippen molar-refractivity contribution < 1.29 is 32.1 Å². The lowest BCUT2D eigenvalue weighted by molar-refractivity contribution is 0.108. The Bertz CT molecular complexity index is 2070. The highest BCUT2D eigenvalue weighted by molar-refractivity contribution is 6.03. The van der Waals surface area contributed by atoms with Crippen LogP contribution in [0.1, 0.15) is 51.5 Å². The first-order chi connectivity index (χ1) is 23.6. The molecule has 0 spiro atoms. The molecule has 0 aliphatic carbocycles. The molecule has 0 amide bonds. The number of aromatic nitrogens is 3. The molecule has 5 aliphatic heterocycles. The monoisotopic (exact) mass is 676 g/mol. The van der Waals surface area contributed by atoms with E-state index in [1.807, 2.05) is 18.7 Å². The maximum absolute atomic E-state index is 17.2. The van der Waals surface area contributed by atoms with Gasteiger partial charge >= 0.3 is 6.01 Å². The number of hydrogen-bond donors (Lipinski definition) is 2. The first kappa shape index (κ1) is 30.8. The fourth-order valence-corrected chi connectivity index (χ4v) is 9.23. The van der Waals surface area contributed by atoms with Crippen molar-refractivity contribution in [3.8, 4) is 28.9 Å². The molecule has 4 aromatic rings. The third kappa shape index (κ3) is 4.68. The van der Waals surface area contributed by atoms with Gasteiger partial charge in [0.15, 0.2) is 5.82 Å². The van der Waals surface area contributed by atoms with Crippen molar-refractivity contribution in [3.05, 3.63) is 53.1 Å². The predicted octanol–water partition coefficient (Wildman–Crippen LogP) is 6.25. The summed E-state index contributed by atoms with van der Waals surface area (Å²) in [4.78, 5) is 18.5. The standard InChI is InChI=1S/C36H36F4N6O3/c1-3-22-24(37)7-5-18-11-21(47)12-23(26(18)22)29-28(38)30-27-33(46-15-20-6-8-25(41-20)31(46)17(2)49-34(27)42-29)44-35(43-30)48-16-36-9-4-10-45(36)14-19(13-36)32(39)40/h5,7,11-12,17,20,25,31,41,47H,3-4,6,8-10,13-16H2,1-2H3/t17-,20+,25-,31+,36?/m0/s1. The quantitative estimate of drug-likeness (QED) is 0.238. The highest BCUT2D eigenvalue weighted by Gasteiger charge is 2.49. The second-order valence-electron chi connectivity index (χ2n) is 14.2. The molecule has 4 saturated heterocycles. The van der Waals surface area contributed by atoms with Gasteiger partial charge in [0.1, 0.15) is 46.7 Å². The van der Waals surface area contributed by atoms with Crippen molar-refractivity contribution >= 4 is 27.5 Å². The molecule has 9 nitrogen and oxygen atoms in total. The molecule has 1 unspecified atom stereocenters. The minimum atomic E-state index is -1.65. The SMILES string of the molecule is CCc1c(F)ccc2cc(O)cc(-c3nc4c5c(nc(OCC67CCCN6CC(=C(F)F)C7)nc5c3F)N3C[C@H]5CC[C@H](N5)[C@H]3[C@H](C)O4)c12. The molecule has 0 saturated carbocycles. The molecule has 0 radical (unpaired) electrons. The lowest BCUT2D eigenvalue weighted by Crippen LogP contribution is -2.62. The van der Waals surface area contributed by atoms with Crippen molar-refractivity contribution in [1.82, 2.24) is 25.2 Å². The minimum absolute atomic E-state index is 0.0656. The van der Waals surface area contributed by atoms with E-state index >= 15 is 8.78 Å². The van der Waals surface area contributed by atoms with Crippen molar-refractivity contribution in [1.29, 1.82) is 0 Å². The number of aryl methyl sites for hydroxylation is 1. The van der Waals surface area contributed by atoms with E-state index in [1.54, 1.807) is 6.07 Å². The lowest BCUT2D eigenvalue weighted by Gasteiger charge is -2.42. The molecule has 7 heterocycles. The fourth-order valence-electron chi connectivity index (χ4n) is 9.23. The number of benzene rings is 2. The predicted molar refractivity (Wildman–Crippen MR) is 175 cm³/mol. The van der Waals surface area contributed by atoms with Gasteiger partial charge in [-0.1, -0.05) is 13.0 Å². The number of nitrogens with zero attached hydrogens (tertiary/aromatic N) is 5. The van der Waals surface area contributed by atoms with Crippen molar-refractivity contribution in [2.45, 2.75) is 82.1 Å². The number of piperazine rings is 1. The van der Waals surface area contributed by atoms with Gasteiger partial charge in [0.05, 0.1) is 11.6 Å². The van der Waals surface area contributed by atoms with Crippen LogP contribution in [0.25, 0.3) is 32.9 Å². The van der Waals surface area contributed by atoms with Gasteiger partial charge in [0, 0.05) is 36.3 Å². The van der Waals surface area contributed by atoms with E-state index in [9.17, 15) is 13.9 Å². The Morgan fingerprint density at radius 1 is 1.14 bits per heavy atom. The number of hydrogen-bond acceptors (Lipinski definition) is 9. The van der Waals surface area contributed by atoms with Gasteiger partial charge < -0.3 is 24.8 Å². The maximum atomic E-state index is 17.2. The van der Waals surface area contributed by atoms with Gasteiger partial charge in [-0.05, 0) is 86.5 Å². The Balaban J connectivity index is 1.24. The van der Waals surface area contributed by atoms with E-state index < -0.39 is 23.3 Å². The van der Waals surface area contributed by atoms with Crippen molar-refractivity contribution in [3.63, 3.8) is 0 Å². The summed E-state index contributed by atoms with van der Waals surface area (Å²) in [6, 6.07) is 5.90. The van der Waals surface area contributed by atoms with Gasteiger partial charge in [-0.3, -0.25) is 4.90 Å². The maximum Gasteiger partial charge on any atom is 0.319 e. The number of rotatable bonds is 5. The van der Waals surface area contributed by atoms with E-state index in [-0.39, 0.29) is 83.8 Å². The van der Waals surface area contributed by atoms with Crippen LogP contribution in [0, 0.1) is 11.6 Å². The number of ether oxygens (including phenoxy) is 2. The molecule has 49 heavy (non-hydrogen) atoms. The second-order valence-corrected chi connectivity index (χ2v) is 14.2. The average Bonchev–Trinajstić information content (AvgIpc) is 3.74. The normalized spacial score (nSPS) is 27.4. The van der Waals surface area contributed by atoms with Crippen LogP contribution in [0.15, 0.2) is 35.9 Å². The largest absolute Gasteiger partial charge is 0.508 e. The Morgan fingerprint density at radius 2 is 2.00 bits per heavy atom. The van der Waals surface area contributed by atoms with Crippen LogP contribution in [-0.4, -0.2) is 81.0 Å². The summed E-state index contributed by atoms with van der Waals surface area (Å²) in [6.07, 6.45) is 1.98. The number of halogens is 4. The van der Waals surface area contributed by atoms with Gasteiger partial charge in [-0.25, -0.2) is 13.8 Å². The fraction of sp³-hybridized carbons (Fsp3) is 0.472. The van der Waals surface area contributed by atoms with Crippen molar-refractivity contribution in [2.24, 2.45) is 0 Å². The molecule has 9 rings (SSSR count). The number of phenols is 1. The summed E-state index contributed by atoms with van der Waals surface area (Å²) in [7, 11) is 0. The van der Waals surface area contributed by atoms with E-state index in [0.717, 1.165) is 19.3 Å². The van der Waals surface area contributed by atoms with Crippen LogP contribution in [0.2, 0.25) is 0 Å². The molecule has 13 heteroatoms. The van der Waals surface area contributed by atoms with Gasteiger partial charge in [-0.2, -0.15) is 18.7 Å². The van der Waals surface area contributed by atoms with E-state index in [4.69, 9.17) is 19.4 Å². The van der Waals surface area contributed by atoms with Crippen LogP contribution in [0.3, 0.4) is 0 Å². The molecule has 256 valence electrons. The number of pyridine rings is 1. The average molecular weight is 677 g/mol. The topological polar surface area (TPSA) is 95.9 Å². The Hall–Kier alpha value is -4.23. The van der Waals surface area contributed by atoms with Gasteiger partial charge in [0.2, 0.25) is 5.88 Å². The smallest absolute Gasteiger partial charge is 0.319 e. The minimum Gasteiger partial charge on any atom is -0.508 e. The molecule has 5 atom stereocenters. The van der Waals surface area contributed by atoms with Crippen LogP contribution in [0.5, 0.6) is 17.6 Å². The zero-order valence-electron chi connectivity index (χ0n) is 27.2. The van der Waals surface area contributed by atoms with Crippen LogP contribution < -0.4 is 19.7 Å². The molecular weight excluding hydrogens is 640 g/mol.